The van der Waals surface area contributed by atoms with Gasteiger partial charge in [0.25, 0.3) is 0 Å². The Kier molecular flexibility index (Phi) is 3.88. The summed E-state index contributed by atoms with van der Waals surface area (Å²) in [6, 6.07) is 5.62. The van der Waals surface area contributed by atoms with Crippen molar-refractivity contribution < 1.29 is 9.90 Å². The lowest BCUT2D eigenvalue weighted by molar-refractivity contribution is -0.133. The second-order valence-electron chi connectivity index (χ2n) is 5.96. The van der Waals surface area contributed by atoms with Crippen LogP contribution in [0.5, 0.6) is 0 Å². The number of thioether (sulfide) groups is 1. The minimum absolute atomic E-state index is 0.0216. The second kappa shape index (κ2) is 5.54. The van der Waals surface area contributed by atoms with Crippen LogP contribution in [0.2, 0.25) is 5.02 Å². The van der Waals surface area contributed by atoms with Crippen LogP contribution in [-0.2, 0) is 11.3 Å². The van der Waals surface area contributed by atoms with Crippen LogP contribution >= 0.6 is 23.4 Å². The average Bonchev–Trinajstić information content (AvgIpc) is 2.72. The Morgan fingerprint density at radius 1 is 1.52 bits per heavy atom. The van der Waals surface area contributed by atoms with Gasteiger partial charge in [-0.25, -0.2) is 4.98 Å². The van der Waals surface area contributed by atoms with Crippen LogP contribution in [-0.4, -0.2) is 26.4 Å². The highest BCUT2D eigenvalue weighted by atomic mass is 35.5. The number of aromatic nitrogens is 2. The van der Waals surface area contributed by atoms with E-state index >= 15 is 0 Å². The highest BCUT2D eigenvalue weighted by molar-refractivity contribution is 7.99. The summed E-state index contributed by atoms with van der Waals surface area (Å²) in [4.78, 5) is 15.4. The lowest BCUT2D eigenvalue weighted by Crippen LogP contribution is -2.31. The molecule has 1 aromatic carbocycles. The van der Waals surface area contributed by atoms with Crippen LogP contribution in [0, 0.1) is 5.41 Å². The molecule has 2 aromatic rings. The number of fused-ring (bicyclic) bond motifs is 1. The van der Waals surface area contributed by atoms with Gasteiger partial charge in [0.1, 0.15) is 0 Å². The van der Waals surface area contributed by atoms with Gasteiger partial charge in [-0.2, -0.15) is 0 Å². The summed E-state index contributed by atoms with van der Waals surface area (Å²) < 4.78 is 2.13. The topological polar surface area (TPSA) is 55.1 Å². The molecule has 1 aliphatic carbocycles. The normalized spacial score (nSPS) is 16.9. The number of rotatable bonds is 5. The van der Waals surface area contributed by atoms with Gasteiger partial charge in [-0.05, 0) is 36.5 Å². The van der Waals surface area contributed by atoms with Crippen molar-refractivity contribution in [2.75, 3.05) is 5.75 Å². The molecule has 1 aromatic heterocycles. The van der Waals surface area contributed by atoms with Gasteiger partial charge < -0.3 is 9.67 Å². The molecule has 21 heavy (non-hydrogen) atoms. The van der Waals surface area contributed by atoms with E-state index in [0.29, 0.717) is 5.02 Å². The molecule has 1 aliphatic rings. The van der Waals surface area contributed by atoms with E-state index in [-0.39, 0.29) is 11.2 Å². The van der Waals surface area contributed by atoms with Gasteiger partial charge in [-0.15, -0.1) is 0 Å². The Balaban J connectivity index is 2.00. The maximum Gasteiger partial charge on any atom is 0.313 e. The predicted molar refractivity (Wildman–Crippen MR) is 85.1 cm³/mol. The molecule has 0 atom stereocenters. The highest BCUT2D eigenvalue weighted by Gasteiger charge is 2.33. The monoisotopic (exact) mass is 324 g/mol. The van der Waals surface area contributed by atoms with E-state index < -0.39 is 5.97 Å². The fourth-order valence-electron chi connectivity index (χ4n) is 2.78. The minimum Gasteiger partial charge on any atom is -0.481 e. The fraction of sp³-hybridized carbons (Fsp3) is 0.467. The molecule has 1 fully saturated rings. The summed E-state index contributed by atoms with van der Waals surface area (Å²) in [7, 11) is 0. The van der Waals surface area contributed by atoms with E-state index in [1.54, 1.807) is 0 Å². The van der Waals surface area contributed by atoms with Gasteiger partial charge in [-0.3, -0.25) is 4.79 Å². The summed E-state index contributed by atoms with van der Waals surface area (Å²) >= 11 is 7.38. The van der Waals surface area contributed by atoms with Gasteiger partial charge in [0.15, 0.2) is 5.16 Å². The highest BCUT2D eigenvalue weighted by Crippen LogP contribution is 2.43. The summed E-state index contributed by atoms with van der Waals surface area (Å²) in [6.45, 7) is 3.14. The zero-order valence-corrected chi connectivity index (χ0v) is 13.4. The zero-order chi connectivity index (χ0) is 15.0. The Labute approximate surface area is 132 Å². The number of hydrogen-bond acceptors (Lipinski definition) is 3. The molecule has 1 N–H and O–H groups in total. The Hall–Kier alpha value is -1.20. The van der Waals surface area contributed by atoms with Crippen molar-refractivity contribution in [3.8, 4) is 0 Å². The Morgan fingerprint density at radius 3 is 2.90 bits per heavy atom. The second-order valence-corrected chi connectivity index (χ2v) is 7.34. The zero-order valence-electron chi connectivity index (χ0n) is 11.8. The molecule has 0 spiro atoms. The summed E-state index contributed by atoms with van der Waals surface area (Å²) in [6.07, 6.45) is 3.67. The smallest absolute Gasteiger partial charge is 0.313 e. The van der Waals surface area contributed by atoms with Crippen molar-refractivity contribution in [3.63, 3.8) is 0 Å². The summed E-state index contributed by atoms with van der Waals surface area (Å²) in [5.74, 6) is -0.806. The number of carboxylic acid groups (broad SMARTS) is 1. The number of hydrogen-bond donors (Lipinski definition) is 1. The van der Waals surface area contributed by atoms with Crippen molar-refractivity contribution in [2.24, 2.45) is 5.41 Å². The number of carboxylic acids is 1. The number of imidazole rings is 1. The maximum absolute atomic E-state index is 10.8. The first kappa shape index (κ1) is 14.7. The first-order chi connectivity index (χ1) is 9.97. The van der Waals surface area contributed by atoms with Crippen molar-refractivity contribution in [1.29, 1.82) is 0 Å². The third-order valence-electron chi connectivity index (χ3n) is 4.10. The lowest BCUT2D eigenvalue weighted by Gasteiger charge is -2.39. The van der Waals surface area contributed by atoms with E-state index in [2.05, 4.69) is 16.5 Å². The van der Waals surface area contributed by atoms with E-state index in [1.165, 1.54) is 31.0 Å². The molecule has 0 bridgehead atoms. The number of nitrogens with zero attached hydrogens (tertiary/aromatic N) is 2. The standard InChI is InChI=1S/C15H17ClN2O2S/c1-15(5-2-6-15)9-18-12-7-10(16)3-4-11(12)17-14(18)21-8-13(19)20/h3-4,7H,2,5-6,8-9H2,1H3,(H,19,20). The quantitative estimate of drug-likeness (QED) is 0.843. The molecule has 6 heteroatoms. The summed E-state index contributed by atoms with van der Waals surface area (Å²) in [5.41, 5.74) is 2.15. The third kappa shape index (κ3) is 3.04. The van der Waals surface area contributed by atoms with E-state index in [1.807, 2.05) is 18.2 Å². The molecule has 4 nitrogen and oxygen atoms in total. The fourth-order valence-corrected chi connectivity index (χ4v) is 3.68. The van der Waals surface area contributed by atoms with Gasteiger partial charge in [0, 0.05) is 11.6 Å². The van der Waals surface area contributed by atoms with Crippen LogP contribution in [0.1, 0.15) is 26.2 Å². The number of halogens is 1. The first-order valence-electron chi connectivity index (χ1n) is 6.97. The molecule has 1 saturated carbocycles. The first-order valence-corrected chi connectivity index (χ1v) is 8.34. The number of benzene rings is 1. The van der Waals surface area contributed by atoms with Crippen molar-refractivity contribution >= 4 is 40.4 Å². The molecule has 0 aliphatic heterocycles. The molecular formula is C15H17ClN2O2S. The Morgan fingerprint density at radius 2 is 2.29 bits per heavy atom. The molecule has 0 radical (unpaired) electrons. The van der Waals surface area contributed by atoms with Crippen LogP contribution in [0.4, 0.5) is 0 Å². The third-order valence-corrected chi connectivity index (χ3v) is 5.30. The van der Waals surface area contributed by atoms with Gasteiger partial charge in [-0.1, -0.05) is 36.7 Å². The SMILES string of the molecule is CC1(Cn2c(SCC(=O)O)nc3ccc(Cl)cc32)CCC1. The molecular weight excluding hydrogens is 308 g/mol. The average molecular weight is 325 g/mol. The molecule has 0 saturated heterocycles. The van der Waals surface area contributed by atoms with E-state index in [0.717, 1.165) is 22.7 Å². The van der Waals surface area contributed by atoms with Gasteiger partial charge in [0.2, 0.25) is 0 Å². The number of aliphatic carboxylic acids is 1. The largest absolute Gasteiger partial charge is 0.481 e. The lowest BCUT2D eigenvalue weighted by atomic mass is 9.70. The summed E-state index contributed by atoms with van der Waals surface area (Å²) in [5, 5.41) is 10.3. The number of carbonyl (C=O) groups is 1. The molecule has 1 heterocycles. The van der Waals surface area contributed by atoms with Crippen molar-refractivity contribution in [1.82, 2.24) is 9.55 Å². The molecule has 0 amide bonds. The van der Waals surface area contributed by atoms with E-state index in [4.69, 9.17) is 16.7 Å². The molecule has 112 valence electrons. The molecule has 3 rings (SSSR count). The Bertz CT molecular complexity index is 694. The van der Waals surface area contributed by atoms with Crippen LogP contribution in [0.3, 0.4) is 0 Å². The maximum atomic E-state index is 10.8. The predicted octanol–water partition coefficient (Wildman–Crippen LogP) is 4.06. The minimum atomic E-state index is -0.827. The molecule has 0 unspecified atom stereocenters. The van der Waals surface area contributed by atoms with Crippen LogP contribution < -0.4 is 0 Å². The van der Waals surface area contributed by atoms with Gasteiger partial charge >= 0.3 is 5.97 Å². The van der Waals surface area contributed by atoms with E-state index in [9.17, 15) is 4.79 Å². The van der Waals surface area contributed by atoms with Gasteiger partial charge in [0.05, 0.1) is 16.8 Å². The van der Waals surface area contributed by atoms with Crippen molar-refractivity contribution in [2.45, 2.75) is 37.9 Å². The van der Waals surface area contributed by atoms with Crippen molar-refractivity contribution in [3.05, 3.63) is 23.2 Å². The van der Waals surface area contributed by atoms with Crippen LogP contribution in [0.15, 0.2) is 23.4 Å². The van der Waals surface area contributed by atoms with Crippen LogP contribution in [0.25, 0.3) is 11.0 Å².